The van der Waals surface area contributed by atoms with Crippen LogP contribution in [0.3, 0.4) is 0 Å². The Morgan fingerprint density at radius 1 is 1.19 bits per heavy atom. The maximum atomic E-state index is 10.8. The molecular weight excluding hydrogens is 262 g/mol. The van der Waals surface area contributed by atoms with E-state index in [1.165, 1.54) is 0 Å². The normalized spacial score (nSPS) is 14.2. The van der Waals surface area contributed by atoms with Crippen LogP contribution in [0.2, 0.25) is 0 Å². The van der Waals surface area contributed by atoms with Crippen LogP contribution >= 0.6 is 0 Å². The number of aliphatic hydroxyl groups excluding tert-OH is 1. The van der Waals surface area contributed by atoms with Gasteiger partial charge in [0.1, 0.15) is 5.75 Å². The van der Waals surface area contributed by atoms with Gasteiger partial charge in [0, 0.05) is 12.5 Å². The monoisotopic (exact) mass is 293 g/mol. The summed E-state index contributed by atoms with van der Waals surface area (Å²) in [6.07, 6.45) is 3.90. The van der Waals surface area contributed by atoms with Crippen molar-refractivity contribution in [1.29, 1.82) is 0 Å². The maximum absolute atomic E-state index is 10.8. The van der Waals surface area contributed by atoms with Crippen molar-refractivity contribution in [3.63, 3.8) is 0 Å². The number of nitrogens with two attached hydrogens (primary N) is 1. The number of aliphatic hydroxyl groups is 1. The van der Waals surface area contributed by atoms with Crippen molar-refractivity contribution < 1.29 is 9.84 Å². The number of aryl methyl sites for hydroxylation is 1. The molecule has 0 amide bonds. The van der Waals surface area contributed by atoms with Gasteiger partial charge < -0.3 is 15.6 Å². The molecule has 0 aliphatic heterocycles. The van der Waals surface area contributed by atoms with Gasteiger partial charge in [0.05, 0.1) is 13.2 Å². The second kappa shape index (κ2) is 9.06. The van der Waals surface area contributed by atoms with Crippen molar-refractivity contribution in [2.24, 2.45) is 11.7 Å². The Morgan fingerprint density at radius 3 is 2.29 bits per heavy atom. The number of rotatable bonds is 9. The summed E-state index contributed by atoms with van der Waals surface area (Å²) in [5, 5.41) is 10.8. The highest BCUT2D eigenvalue weighted by molar-refractivity contribution is 5.38. The van der Waals surface area contributed by atoms with Crippen LogP contribution in [0.25, 0.3) is 0 Å². The van der Waals surface area contributed by atoms with E-state index in [-0.39, 0.29) is 12.0 Å². The SMILES string of the molecule is CCCC(CCC)C(O)C(CN)c1ccc(C)c(OC)c1. The third-order valence-electron chi connectivity index (χ3n) is 4.33. The zero-order valence-corrected chi connectivity index (χ0v) is 13.9. The van der Waals surface area contributed by atoms with Gasteiger partial charge >= 0.3 is 0 Å². The summed E-state index contributed by atoms with van der Waals surface area (Å²) in [7, 11) is 1.68. The van der Waals surface area contributed by atoms with Crippen LogP contribution in [0, 0.1) is 12.8 Å². The third kappa shape index (κ3) is 4.72. The van der Waals surface area contributed by atoms with E-state index in [9.17, 15) is 5.11 Å². The highest BCUT2D eigenvalue weighted by Crippen LogP contribution is 2.31. The predicted molar refractivity (Wildman–Crippen MR) is 88.8 cm³/mol. The van der Waals surface area contributed by atoms with E-state index < -0.39 is 0 Å². The molecule has 2 unspecified atom stereocenters. The van der Waals surface area contributed by atoms with E-state index in [4.69, 9.17) is 10.5 Å². The Kier molecular flexibility index (Phi) is 7.76. The lowest BCUT2D eigenvalue weighted by Gasteiger charge is -2.29. The summed E-state index contributed by atoms with van der Waals surface area (Å²) >= 11 is 0. The van der Waals surface area contributed by atoms with Crippen molar-refractivity contribution in [2.75, 3.05) is 13.7 Å². The van der Waals surface area contributed by atoms with Crippen LogP contribution in [0.15, 0.2) is 18.2 Å². The molecule has 21 heavy (non-hydrogen) atoms. The molecule has 1 aromatic carbocycles. The molecule has 0 heterocycles. The van der Waals surface area contributed by atoms with Crippen LogP contribution in [-0.4, -0.2) is 24.9 Å². The van der Waals surface area contributed by atoms with Gasteiger partial charge in [0.2, 0.25) is 0 Å². The first-order chi connectivity index (χ1) is 10.1. The fourth-order valence-electron chi connectivity index (χ4n) is 3.10. The fraction of sp³-hybridized carbons (Fsp3) is 0.667. The minimum absolute atomic E-state index is 0.0254. The molecule has 3 N–H and O–H groups in total. The summed E-state index contributed by atoms with van der Waals surface area (Å²) in [6.45, 7) is 6.81. The number of benzene rings is 1. The van der Waals surface area contributed by atoms with Gasteiger partial charge in [-0.1, -0.05) is 38.8 Å². The van der Waals surface area contributed by atoms with Crippen LogP contribution in [-0.2, 0) is 0 Å². The predicted octanol–water partition coefficient (Wildman–Crippen LogP) is 3.62. The second-order valence-corrected chi connectivity index (χ2v) is 5.90. The zero-order chi connectivity index (χ0) is 15.8. The molecule has 2 atom stereocenters. The zero-order valence-electron chi connectivity index (χ0n) is 13.9. The molecule has 120 valence electrons. The van der Waals surface area contributed by atoms with E-state index in [1.807, 2.05) is 19.1 Å². The van der Waals surface area contributed by atoms with Gasteiger partial charge in [-0.3, -0.25) is 0 Å². The Bertz CT molecular complexity index is 414. The van der Waals surface area contributed by atoms with Crippen molar-refractivity contribution in [2.45, 2.75) is 58.5 Å². The van der Waals surface area contributed by atoms with Gasteiger partial charge in [-0.15, -0.1) is 0 Å². The lowest BCUT2D eigenvalue weighted by Crippen LogP contribution is -2.32. The number of methoxy groups -OCH3 is 1. The summed E-state index contributed by atoms with van der Waals surface area (Å²) in [5.41, 5.74) is 8.14. The van der Waals surface area contributed by atoms with E-state index in [1.54, 1.807) is 7.11 Å². The molecule has 1 aromatic rings. The van der Waals surface area contributed by atoms with Crippen molar-refractivity contribution in [3.05, 3.63) is 29.3 Å². The third-order valence-corrected chi connectivity index (χ3v) is 4.33. The average molecular weight is 293 g/mol. The molecular formula is C18H31NO2. The molecule has 3 nitrogen and oxygen atoms in total. The first-order valence-electron chi connectivity index (χ1n) is 8.11. The summed E-state index contributed by atoms with van der Waals surface area (Å²) in [5.74, 6) is 1.16. The summed E-state index contributed by atoms with van der Waals surface area (Å²) < 4.78 is 5.39. The molecule has 0 aliphatic carbocycles. The number of ether oxygens (including phenoxy) is 1. The Balaban J connectivity index is 2.99. The van der Waals surface area contributed by atoms with Crippen LogP contribution < -0.4 is 10.5 Å². The topological polar surface area (TPSA) is 55.5 Å². The Morgan fingerprint density at radius 2 is 1.81 bits per heavy atom. The van der Waals surface area contributed by atoms with E-state index in [2.05, 4.69) is 19.9 Å². The highest BCUT2D eigenvalue weighted by atomic mass is 16.5. The lowest BCUT2D eigenvalue weighted by atomic mass is 9.81. The first kappa shape index (κ1) is 18.0. The minimum Gasteiger partial charge on any atom is -0.496 e. The minimum atomic E-state index is -0.387. The van der Waals surface area contributed by atoms with Gasteiger partial charge in [0.25, 0.3) is 0 Å². The molecule has 0 fully saturated rings. The van der Waals surface area contributed by atoms with Crippen LogP contribution in [0.4, 0.5) is 0 Å². The molecule has 0 bridgehead atoms. The quantitative estimate of drug-likeness (QED) is 0.731. The molecule has 0 radical (unpaired) electrons. The summed E-state index contributed by atoms with van der Waals surface area (Å²) in [4.78, 5) is 0. The summed E-state index contributed by atoms with van der Waals surface area (Å²) in [6, 6.07) is 6.12. The van der Waals surface area contributed by atoms with Crippen LogP contribution in [0.5, 0.6) is 5.75 Å². The average Bonchev–Trinajstić information content (AvgIpc) is 2.49. The van der Waals surface area contributed by atoms with Crippen molar-refractivity contribution >= 4 is 0 Å². The van der Waals surface area contributed by atoms with Gasteiger partial charge in [-0.05, 0) is 42.9 Å². The smallest absolute Gasteiger partial charge is 0.122 e. The van der Waals surface area contributed by atoms with Gasteiger partial charge in [-0.2, -0.15) is 0 Å². The van der Waals surface area contributed by atoms with E-state index in [0.29, 0.717) is 12.5 Å². The standard InChI is InChI=1S/C18H31NO2/c1-5-7-14(8-6-2)18(20)16(12-19)15-10-9-13(3)17(11-15)21-4/h9-11,14,16,18,20H,5-8,12,19H2,1-4H3. The number of hydrogen-bond acceptors (Lipinski definition) is 3. The molecule has 0 saturated heterocycles. The highest BCUT2D eigenvalue weighted by Gasteiger charge is 2.27. The van der Waals surface area contributed by atoms with Gasteiger partial charge in [0.15, 0.2) is 0 Å². The fourth-order valence-corrected chi connectivity index (χ4v) is 3.10. The maximum Gasteiger partial charge on any atom is 0.122 e. The lowest BCUT2D eigenvalue weighted by molar-refractivity contribution is 0.0721. The molecule has 0 aromatic heterocycles. The van der Waals surface area contributed by atoms with Crippen molar-refractivity contribution in [1.82, 2.24) is 0 Å². The first-order valence-corrected chi connectivity index (χ1v) is 8.11. The molecule has 0 saturated carbocycles. The molecule has 3 heteroatoms. The largest absolute Gasteiger partial charge is 0.496 e. The van der Waals surface area contributed by atoms with E-state index in [0.717, 1.165) is 42.6 Å². The molecule has 0 aliphatic rings. The number of hydrogen-bond donors (Lipinski definition) is 2. The van der Waals surface area contributed by atoms with E-state index >= 15 is 0 Å². The van der Waals surface area contributed by atoms with Gasteiger partial charge in [-0.25, -0.2) is 0 Å². The molecule has 0 spiro atoms. The Labute approximate surface area is 129 Å². The van der Waals surface area contributed by atoms with Crippen molar-refractivity contribution in [3.8, 4) is 5.75 Å². The molecule has 1 rings (SSSR count). The second-order valence-electron chi connectivity index (χ2n) is 5.90. The van der Waals surface area contributed by atoms with Crippen LogP contribution in [0.1, 0.15) is 56.6 Å². The Hall–Kier alpha value is -1.06.